The number of hydrogen-bond donors (Lipinski definition) is 4. The molecule has 1 saturated heterocycles. The Hall–Kier alpha value is -4.96. The van der Waals surface area contributed by atoms with Gasteiger partial charge in [-0.05, 0) is 49.4 Å². The molecule has 0 unspecified atom stereocenters. The minimum Gasteiger partial charge on any atom is -0.370 e. The molecule has 1 aliphatic rings. The van der Waals surface area contributed by atoms with Gasteiger partial charge >= 0.3 is 0 Å². The molecule has 45 heavy (non-hydrogen) atoms. The summed E-state index contributed by atoms with van der Waals surface area (Å²) in [5.74, 6) is -0.0809. The second-order valence-corrected chi connectivity index (χ2v) is 11.4. The molecule has 2 amide bonds. The van der Waals surface area contributed by atoms with Crippen LogP contribution in [0.2, 0.25) is 0 Å². The molecule has 10 nitrogen and oxygen atoms in total. The number of nitrogens with two attached hydrogens (primary N) is 2. The van der Waals surface area contributed by atoms with Gasteiger partial charge in [-0.3, -0.25) is 14.6 Å². The lowest BCUT2D eigenvalue weighted by Crippen LogP contribution is -2.49. The number of aromatic nitrogens is 2. The summed E-state index contributed by atoms with van der Waals surface area (Å²) >= 11 is 0. The molecule has 0 aliphatic carbocycles. The summed E-state index contributed by atoms with van der Waals surface area (Å²) in [6, 6.07) is 29.8. The van der Waals surface area contributed by atoms with Gasteiger partial charge in [0.2, 0.25) is 5.91 Å². The third kappa shape index (κ3) is 8.16. The van der Waals surface area contributed by atoms with Crippen LogP contribution in [0.1, 0.15) is 52.4 Å². The largest absolute Gasteiger partial charge is 0.370 e. The molecule has 5 rings (SSSR count). The summed E-state index contributed by atoms with van der Waals surface area (Å²) in [7, 11) is 0. The first-order chi connectivity index (χ1) is 21.9. The van der Waals surface area contributed by atoms with Gasteiger partial charge in [-0.25, -0.2) is 4.68 Å². The lowest BCUT2D eigenvalue weighted by atomic mass is 9.90. The Morgan fingerprint density at radius 1 is 1.00 bits per heavy atom. The third-order valence-electron chi connectivity index (χ3n) is 8.31. The number of amides is 2. The lowest BCUT2D eigenvalue weighted by molar-refractivity contribution is -0.133. The Labute approximate surface area is 264 Å². The summed E-state index contributed by atoms with van der Waals surface area (Å²) in [6.45, 7) is 3.82. The fraction of sp³-hybridized carbons (Fsp3) is 0.314. The van der Waals surface area contributed by atoms with Gasteiger partial charge in [0.05, 0.1) is 29.2 Å². The van der Waals surface area contributed by atoms with Gasteiger partial charge in [-0.2, -0.15) is 5.10 Å². The fourth-order valence-corrected chi connectivity index (χ4v) is 5.90. The van der Waals surface area contributed by atoms with Gasteiger partial charge < -0.3 is 27.0 Å². The molecule has 1 aromatic heterocycles. The highest BCUT2D eigenvalue weighted by atomic mass is 16.2. The van der Waals surface area contributed by atoms with Crippen molar-refractivity contribution in [2.45, 2.75) is 44.2 Å². The smallest absolute Gasteiger partial charge is 0.254 e. The minimum absolute atomic E-state index is 0.0269. The van der Waals surface area contributed by atoms with Crippen molar-refractivity contribution in [2.24, 2.45) is 16.5 Å². The van der Waals surface area contributed by atoms with Crippen LogP contribution in [0.15, 0.2) is 102 Å². The van der Waals surface area contributed by atoms with E-state index in [1.165, 1.54) is 0 Å². The van der Waals surface area contributed by atoms with Crippen LogP contribution in [0.5, 0.6) is 0 Å². The van der Waals surface area contributed by atoms with Gasteiger partial charge in [-0.15, -0.1) is 0 Å². The van der Waals surface area contributed by atoms with Crippen molar-refractivity contribution in [3.8, 4) is 5.69 Å². The number of nitrogens with one attached hydrogen (secondary N) is 2. The van der Waals surface area contributed by atoms with Crippen LogP contribution in [-0.4, -0.2) is 70.7 Å². The number of benzene rings is 3. The van der Waals surface area contributed by atoms with E-state index in [9.17, 15) is 9.59 Å². The fourth-order valence-electron chi connectivity index (χ4n) is 5.90. The maximum Gasteiger partial charge on any atom is 0.254 e. The maximum atomic E-state index is 14.0. The van der Waals surface area contributed by atoms with E-state index in [4.69, 9.17) is 11.5 Å². The van der Waals surface area contributed by atoms with Crippen LogP contribution in [0.3, 0.4) is 0 Å². The average molecular weight is 607 g/mol. The number of rotatable bonds is 12. The van der Waals surface area contributed by atoms with Crippen LogP contribution in [0, 0.1) is 6.92 Å². The highest BCUT2D eigenvalue weighted by Crippen LogP contribution is 2.27. The molecule has 0 saturated carbocycles. The Morgan fingerprint density at radius 3 is 2.24 bits per heavy atom. The monoisotopic (exact) mass is 606 g/mol. The Kier molecular flexibility index (Phi) is 10.6. The Bertz CT molecular complexity index is 1530. The molecule has 2 atom stereocenters. The van der Waals surface area contributed by atoms with E-state index in [-0.39, 0.29) is 29.7 Å². The van der Waals surface area contributed by atoms with Gasteiger partial charge in [0, 0.05) is 38.1 Å². The molecule has 0 radical (unpaired) electrons. The molecule has 1 aliphatic heterocycles. The van der Waals surface area contributed by atoms with Crippen molar-refractivity contribution < 1.29 is 9.59 Å². The predicted molar refractivity (Wildman–Crippen MR) is 177 cm³/mol. The van der Waals surface area contributed by atoms with Crippen molar-refractivity contribution in [1.82, 2.24) is 25.3 Å². The number of carbonyl (C=O) groups is 2. The van der Waals surface area contributed by atoms with Crippen LogP contribution in [0.4, 0.5) is 0 Å². The van der Waals surface area contributed by atoms with Crippen molar-refractivity contribution >= 4 is 17.8 Å². The zero-order valence-corrected chi connectivity index (χ0v) is 25.7. The number of hydrogen-bond acceptors (Lipinski definition) is 5. The van der Waals surface area contributed by atoms with E-state index < -0.39 is 6.04 Å². The molecule has 10 heteroatoms. The molecule has 3 aromatic carbocycles. The van der Waals surface area contributed by atoms with Gasteiger partial charge in [0.25, 0.3) is 5.91 Å². The van der Waals surface area contributed by atoms with Gasteiger partial charge in [0.1, 0.15) is 0 Å². The van der Waals surface area contributed by atoms with Gasteiger partial charge in [-0.1, -0.05) is 78.9 Å². The van der Waals surface area contributed by atoms with Crippen molar-refractivity contribution in [3.63, 3.8) is 0 Å². The molecular weight excluding hydrogens is 564 g/mol. The van der Waals surface area contributed by atoms with Crippen LogP contribution < -0.4 is 22.1 Å². The average Bonchev–Trinajstić information content (AvgIpc) is 3.39. The van der Waals surface area contributed by atoms with Gasteiger partial charge in [0.15, 0.2) is 5.96 Å². The zero-order valence-electron chi connectivity index (χ0n) is 25.7. The SMILES string of the molecule is Cc1c(C(=O)NC[C@@H]2CCN(CC(c3ccccc3)c3ccccc3)C(=O)[C@H](CCCN=C(N)N)N2)cnn1-c1ccccc1. The number of para-hydroxylation sites is 1. The van der Waals surface area contributed by atoms with E-state index >= 15 is 0 Å². The summed E-state index contributed by atoms with van der Waals surface area (Å²) in [5, 5.41) is 11.1. The molecule has 1 fully saturated rings. The zero-order chi connectivity index (χ0) is 31.6. The molecule has 2 heterocycles. The molecule has 4 aromatic rings. The molecule has 0 bridgehead atoms. The third-order valence-corrected chi connectivity index (χ3v) is 8.31. The maximum absolute atomic E-state index is 14.0. The first-order valence-electron chi connectivity index (χ1n) is 15.5. The lowest BCUT2D eigenvalue weighted by Gasteiger charge is -2.29. The van der Waals surface area contributed by atoms with E-state index in [2.05, 4.69) is 45.0 Å². The van der Waals surface area contributed by atoms with Crippen LogP contribution in [0.25, 0.3) is 5.69 Å². The number of aliphatic imine (C=N–C) groups is 1. The normalized spacial score (nSPS) is 16.8. The number of guanidine groups is 1. The minimum atomic E-state index is -0.432. The quantitative estimate of drug-likeness (QED) is 0.111. The van der Waals surface area contributed by atoms with E-state index in [0.29, 0.717) is 51.0 Å². The van der Waals surface area contributed by atoms with Crippen molar-refractivity contribution in [3.05, 3.63) is 120 Å². The van der Waals surface area contributed by atoms with Crippen LogP contribution in [-0.2, 0) is 4.79 Å². The topological polar surface area (TPSA) is 144 Å². The van der Waals surface area contributed by atoms with Crippen LogP contribution >= 0.6 is 0 Å². The summed E-state index contributed by atoms with van der Waals surface area (Å²) in [4.78, 5) is 33.4. The number of nitrogens with zero attached hydrogens (tertiary/aromatic N) is 4. The Morgan fingerprint density at radius 2 is 1.62 bits per heavy atom. The molecular formula is C35H42N8O2. The predicted octanol–water partition coefficient (Wildman–Crippen LogP) is 3.36. The summed E-state index contributed by atoms with van der Waals surface area (Å²) in [6.07, 6.45) is 3.51. The first-order valence-corrected chi connectivity index (χ1v) is 15.5. The molecule has 234 valence electrons. The second-order valence-electron chi connectivity index (χ2n) is 11.4. The molecule has 6 N–H and O–H groups in total. The van der Waals surface area contributed by atoms with E-state index in [0.717, 1.165) is 22.5 Å². The number of carbonyl (C=O) groups excluding carboxylic acids is 2. The molecule has 0 spiro atoms. The summed E-state index contributed by atoms with van der Waals surface area (Å²) in [5.41, 5.74) is 15.5. The van der Waals surface area contributed by atoms with E-state index in [1.54, 1.807) is 10.9 Å². The summed E-state index contributed by atoms with van der Waals surface area (Å²) < 4.78 is 1.76. The highest BCUT2D eigenvalue weighted by Gasteiger charge is 2.32. The van der Waals surface area contributed by atoms with Crippen molar-refractivity contribution in [1.29, 1.82) is 0 Å². The van der Waals surface area contributed by atoms with E-state index in [1.807, 2.05) is 78.6 Å². The highest BCUT2D eigenvalue weighted by molar-refractivity contribution is 5.95. The first kappa shape index (κ1) is 31.5. The standard InChI is InChI=1S/C35H42N8O2/c1-25-30(23-40-43(25)29-16-9-4-10-17-29)33(44)39-22-28-19-21-42(34(45)32(41-28)18-11-20-38-35(36)37)24-31(26-12-5-2-6-13-26)27-14-7-3-8-15-27/h2-10,12-17,23,28,31-32,41H,11,18-22,24H2,1H3,(H,39,44)(H4,36,37,38)/t28-,32-/m0/s1. The second kappa shape index (κ2) is 15.2. The Balaban J connectivity index is 1.31. The van der Waals surface area contributed by atoms with Crippen molar-refractivity contribution in [2.75, 3.05) is 26.2 Å².